The van der Waals surface area contributed by atoms with Gasteiger partial charge in [0, 0.05) is 13.0 Å². The van der Waals surface area contributed by atoms with Crippen molar-refractivity contribution in [3.8, 4) is 0 Å². The van der Waals surface area contributed by atoms with Crippen molar-refractivity contribution in [3.63, 3.8) is 0 Å². The fourth-order valence-electron chi connectivity index (χ4n) is 4.66. The highest BCUT2D eigenvalue weighted by Crippen LogP contribution is 2.38. The van der Waals surface area contributed by atoms with Crippen LogP contribution in [0, 0.1) is 0 Å². The molecule has 2 unspecified atom stereocenters. The minimum absolute atomic E-state index is 0.0303. The Bertz CT molecular complexity index is 657. The molecule has 9 heteroatoms. The molecule has 0 aliphatic carbocycles. The first-order valence-electron chi connectivity index (χ1n) is 17.3. The molecule has 0 saturated heterocycles. The number of unbranched alkanes of at least 4 members (excludes halogenated alkanes) is 18. The number of carbonyl (C=O) groups is 1. The Morgan fingerprint density at radius 1 is 0.643 bits per heavy atom. The van der Waals surface area contributed by atoms with Crippen LogP contribution in [0.1, 0.15) is 149 Å². The SMILES string of the molecule is CCCCCCCCCCCCCCCC(=O)OC(COCCCCCCCCC)COP(=O)([O-])OCC[N+](C)(C)C. The molecule has 0 aromatic rings. The van der Waals surface area contributed by atoms with Gasteiger partial charge >= 0.3 is 5.97 Å². The van der Waals surface area contributed by atoms with E-state index in [1.54, 1.807) is 0 Å². The number of likely N-dealkylation sites (N-methyl/N-ethyl adjacent to an activating group) is 1. The smallest absolute Gasteiger partial charge is 0.306 e. The number of carbonyl (C=O) groups excluding carboxylic acids is 1. The van der Waals surface area contributed by atoms with Crippen molar-refractivity contribution in [2.24, 2.45) is 0 Å². The third-order valence-electron chi connectivity index (χ3n) is 7.41. The highest BCUT2D eigenvalue weighted by molar-refractivity contribution is 7.45. The molecule has 0 aromatic heterocycles. The number of quaternary nitrogens is 1. The van der Waals surface area contributed by atoms with Crippen molar-refractivity contribution in [3.05, 3.63) is 0 Å². The number of nitrogens with zero attached hydrogens (tertiary/aromatic N) is 1. The van der Waals surface area contributed by atoms with Crippen molar-refractivity contribution in [1.29, 1.82) is 0 Å². The lowest BCUT2D eigenvalue weighted by molar-refractivity contribution is -0.870. The third kappa shape index (κ3) is 30.9. The first-order valence-corrected chi connectivity index (χ1v) is 18.7. The lowest BCUT2D eigenvalue weighted by Gasteiger charge is -2.28. The average molecular weight is 622 g/mol. The highest BCUT2D eigenvalue weighted by atomic mass is 31.2. The molecule has 0 aliphatic heterocycles. The van der Waals surface area contributed by atoms with Gasteiger partial charge < -0.3 is 27.9 Å². The van der Waals surface area contributed by atoms with Crippen LogP contribution in [-0.4, -0.2) is 70.7 Å². The van der Waals surface area contributed by atoms with Gasteiger partial charge in [-0.2, -0.15) is 0 Å². The van der Waals surface area contributed by atoms with Gasteiger partial charge in [0.1, 0.15) is 19.3 Å². The van der Waals surface area contributed by atoms with Gasteiger partial charge in [0.15, 0.2) is 0 Å². The topological polar surface area (TPSA) is 94.1 Å². The van der Waals surface area contributed by atoms with Crippen molar-refractivity contribution < 1.29 is 37.3 Å². The first kappa shape index (κ1) is 41.5. The molecule has 0 heterocycles. The second kappa shape index (κ2) is 28.0. The number of phosphoric acid groups is 1. The summed E-state index contributed by atoms with van der Waals surface area (Å²) < 4.78 is 34.2. The zero-order chi connectivity index (χ0) is 31.4. The van der Waals surface area contributed by atoms with E-state index in [2.05, 4.69) is 13.8 Å². The largest absolute Gasteiger partial charge is 0.756 e. The zero-order valence-corrected chi connectivity index (χ0v) is 29.1. The summed E-state index contributed by atoms with van der Waals surface area (Å²) in [5, 5.41) is 0. The zero-order valence-electron chi connectivity index (χ0n) is 28.2. The molecular formula is C33H68NO7P. The Balaban J connectivity index is 4.28. The van der Waals surface area contributed by atoms with Crippen LogP contribution in [0.4, 0.5) is 0 Å². The maximum absolute atomic E-state index is 12.5. The Labute approximate surface area is 259 Å². The van der Waals surface area contributed by atoms with E-state index in [1.165, 1.54) is 96.3 Å². The van der Waals surface area contributed by atoms with Crippen molar-refractivity contribution in [2.45, 2.75) is 155 Å². The Morgan fingerprint density at radius 3 is 1.57 bits per heavy atom. The molecule has 0 fully saturated rings. The summed E-state index contributed by atoms with van der Waals surface area (Å²) >= 11 is 0. The van der Waals surface area contributed by atoms with Crippen LogP contribution in [-0.2, 0) is 27.9 Å². The molecule has 0 N–H and O–H groups in total. The van der Waals surface area contributed by atoms with E-state index < -0.39 is 13.9 Å². The average Bonchev–Trinajstić information content (AvgIpc) is 2.92. The lowest BCUT2D eigenvalue weighted by Crippen LogP contribution is -2.37. The molecule has 0 amide bonds. The summed E-state index contributed by atoms with van der Waals surface area (Å²) in [6, 6.07) is 0. The van der Waals surface area contributed by atoms with Gasteiger partial charge in [-0.05, 0) is 12.8 Å². The van der Waals surface area contributed by atoms with Crippen molar-refractivity contribution in [2.75, 3.05) is 54.1 Å². The predicted molar refractivity (Wildman–Crippen MR) is 171 cm³/mol. The van der Waals surface area contributed by atoms with E-state index in [0.717, 1.165) is 32.1 Å². The van der Waals surface area contributed by atoms with Crippen LogP contribution < -0.4 is 4.89 Å². The Morgan fingerprint density at radius 2 is 1.10 bits per heavy atom. The number of ether oxygens (including phenoxy) is 2. The van der Waals surface area contributed by atoms with Crippen LogP contribution in [0.15, 0.2) is 0 Å². The normalized spacial score (nSPS) is 14.1. The summed E-state index contributed by atoms with van der Waals surface area (Å²) in [6.45, 7) is 5.38. The van der Waals surface area contributed by atoms with E-state index in [9.17, 15) is 14.3 Å². The van der Waals surface area contributed by atoms with Gasteiger partial charge in [0.2, 0.25) is 0 Å². The molecule has 0 radical (unpaired) electrons. The van der Waals surface area contributed by atoms with Crippen LogP contribution in [0.2, 0.25) is 0 Å². The molecule has 2 atom stereocenters. The first-order chi connectivity index (χ1) is 20.1. The quantitative estimate of drug-likeness (QED) is 0.0322. The second-order valence-electron chi connectivity index (χ2n) is 12.9. The molecule has 8 nitrogen and oxygen atoms in total. The highest BCUT2D eigenvalue weighted by Gasteiger charge is 2.20. The van der Waals surface area contributed by atoms with E-state index in [0.29, 0.717) is 24.1 Å². The summed E-state index contributed by atoms with van der Waals surface area (Å²) in [4.78, 5) is 24.7. The molecule has 0 saturated carbocycles. The number of phosphoric ester groups is 1. The van der Waals surface area contributed by atoms with Crippen LogP contribution in [0.25, 0.3) is 0 Å². The maximum atomic E-state index is 12.5. The number of hydrogen-bond donors (Lipinski definition) is 0. The molecule has 252 valence electrons. The van der Waals surface area contributed by atoms with E-state index >= 15 is 0 Å². The van der Waals surface area contributed by atoms with Crippen LogP contribution in [0.5, 0.6) is 0 Å². The molecule has 0 spiro atoms. The van der Waals surface area contributed by atoms with Gasteiger partial charge in [-0.15, -0.1) is 0 Å². The monoisotopic (exact) mass is 621 g/mol. The van der Waals surface area contributed by atoms with Crippen molar-refractivity contribution >= 4 is 13.8 Å². The molecular weight excluding hydrogens is 553 g/mol. The predicted octanol–water partition coefficient (Wildman–Crippen LogP) is 8.35. The van der Waals surface area contributed by atoms with Gasteiger partial charge in [0.05, 0.1) is 34.4 Å². The van der Waals surface area contributed by atoms with Gasteiger partial charge in [-0.25, -0.2) is 0 Å². The summed E-state index contributed by atoms with van der Waals surface area (Å²) in [6.07, 6.45) is 24.0. The standard InChI is InChI=1S/C33H68NO7P/c1-6-8-10-12-14-15-16-17-18-19-20-22-24-26-33(35)41-32(30-38-28-25-23-21-13-11-9-7-2)31-40-42(36,37)39-29-27-34(3,4)5/h32H,6-31H2,1-5H3. The molecule has 0 aliphatic rings. The fourth-order valence-corrected chi connectivity index (χ4v) is 5.39. The minimum atomic E-state index is -4.50. The van der Waals surface area contributed by atoms with E-state index in [4.69, 9.17) is 18.5 Å². The van der Waals surface area contributed by atoms with Crippen LogP contribution >= 0.6 is 7.82 Å². The van der Waals surface area contributed by atoms with Crippen LogP contribution in [0.3, 0.4) is 0 Å². The van der Waals surface area contributed by atoms with E-state index in [-0.39, 0.29) is 25.8 Å². The third-order valence-corrected chi connectivity index (χ3v) is 8.37. The molecule has 42 heavy (non-hydrogen) atoms. The Hall–Kier alpha value is -0.500. The summed E-state index contributed by atoms with van der Waals surface area (Å²) in [5.41, 5.74) is 0. The Kier molecular flexibility index (Phi) is 27.7. The molecule has 0 bridgehead atoms. The second-order valence-corrected chi connectivity index (χ2v) is 14.3. The molecule has 0 aromatic carbocycles. The minimum Gasteiger partial charge on any atom is -0.756 e. The van der Waals surface area contributed by atoms with Gasteiger partial charge in [-0.1, -0.05) is 129 Å². The fraction of sp³-hybridized carbons (Fsp3) is 0.970. The number of esters is 1. The van der Waals surface area contributed by atoms with Gasteiger partial charge in [-0.3, -0.25) is 9.36 Å². The van der Waals surface area contributed by atoms with E-state index in [1.807, 2.05) is 21.1 Å². The summed E-state index contributed by atoms with van der Waals surface area (Å²) in [7, 11) is 1.36. The van der Waals surface area contributed by atoms with Gasteiger partial charge in [0.25, 0.3) is 7.82 Å². The maximum Gasteiger partial charge on any atom is 0.306 e. The van der Waals surface area contributed by atoms with Crippen molar-refractivity contribution in [1.82, 2.24) is 0 Å². The number of hydrogen-bond acceptors (Lipinski definition) is 7. The summed E-state index contributed by atoms with van der Waals surface area (Å²) in [5.74, 6) is -0.335. The number of rotatable bonds is 32. The lowest BCUT2D eigenvalue weighted by atomic mass is 10.0. The molecule has 0 rings (SSSR count).